The first kappa shape index (κ1) is 16.6. The minimum atomic E-state index is -0.903. The Kier molecular flexibility index (Phi) is 4.46. The number of ether oxygens (including phenoxy) is 1. The first-order valence-electron chi connectivity index (χ1n) is 7.77. The third-order valence-corrected chi connectivity index (χ3v) is 3.75. The summed E-state index contributed by atoms with van der Waals surface area (Å²) < 4.78 is 7.83. The highest BCUT2D eigenvalue weighted by molar-refractivity contribution is 5.96. The number of aliphatic carboxylic acids is 1. The van der Waals surface area contributed by atoms with Gasteiger partial charge in [-0.25, -0.2) is 14.3 Å². The Morgan fingerprint density at radius 1 is 1.32 bits per heavy atom. The summed E-state index contributed by atoms with van der Waals surface area (Å²) in [7, 11) is 0. The van der Waals surface area contributed by atoms with Crippen LogP contribution in [0.15, 0.2) is 29.5 Å². The minimum absolute atomic E-state index is 0.0101. The first-order valence-corrected chi connectivity index (χ1v) is 7.77. The molecule has 0 aromatic carbocycles. The molecule has 0 aliphatic rings. The molecule has 3 aromatic heterocycles. The quantitative estimate of drug-likeness (QED) is 0.665. The van der Waals surface area contributed by atoms with Gasteiger partial charge in [-0.15, -0.1) is 0 Å². The lowest BCUT2D eigenvalue weighted by Gasteiger charge is -2.07. The number of rotatable bonds is 6. The summed E-state index contributed by atoms with van der Waals surface area (Å²) in [5, 5.41) is 13.2. The number of pyridine rings is 1. The van der Waals surface area contributed by atoms with Crippen LogP contribution in [0.25, 0.3) is 16.6 Å². The fraction of sp³-hybridized carbons (Fsp3) is 0.312. The van der Waals surface area contributed by atoms with Gasteiger partial charge in [0.25, 0.3) is 5.56 Å². The topological polar surface area (TPSA) is 116 Å². The third-order valence-electron chi connectivity index (χ3n) is 3.75. The van der Waals surface area contributed by atoms with E-state index in [4.69, 9.17) is 9.84 Å². The molecule has 0 unspecified atom stereocenters. The number of fused-ring (bicyclic) bond motifs is 3. The molecule has 0 amide bonds. The lowest BCUT2D eigenvalue weighted by atomic mass is 10.2. The number of esters is 1. The second kappa shape index (κ2) is 6.71. The van der Waals surface area contributed by atoms with Gasteiger partial charge in [0, 0.05) is 25.4 Å². The predicted octanol–water partition coefficient (Wildman–Crippen LogP) is 1.09. The van der Waals surface area contributed by atoms with Crippen LogP contribution in [0, 0.1) is 0 Å². The van der Waals surface area contributed by atoms with Gasteiger partial charge < -0.3 is 14.4 Å². The van der Waals surface area contributed by atoms with E-state index in [9.17, 15) is 14.4 Å². The van der Waals surface area contributed by atoms with Crippen LogP contribution in [0.5, 0.6) is 0 Å². The number of hydrogen-bond acceptors (Lipinski definition) is 6. The zero-order chi connectivity index (χ0) is 18.0. The largest absolute Gasteiger partial charge is 0.481 e. The summed E-state index contributed by atoms with van der Waals surface area (Å²) in [5.41, 5.74) is 0.772. The molecule has 0 aliphatic carbocycles. The van der Waals surface area contributed by atoms with Crippen molar-refractivity contribution < 1.29 is 19.4 Å². The van der Waals surface area contributed by atoms with Crippen molar-refractivity contribution in [3.63, 3.8) is 0 Å². The Morgan fingerprint density at radius 2 is 2.12 bits per heavy atom. The Bertz CT molecular complexity index is 1020. The van der Waals surface area contributed by atoms with Gasteiger partial charge in [0.2, 0.25) is 0 Å². The lowest BCUT2D eigenvalue weighted by Crippen LogP contribution is -2.21. The van der Waals surface area contributed by atoms with Crippen molar-refractivity contribution in [2.24, 2.45) is 0 Å². The van der Waals surface area contributed by atoms with Gasteiger partial charge in [0.15, 0.2) is 5.65 Å². The molecule has 130 valence electrons. The van der Waals surface area contributed by atoms with E-state index in [1.54, 1.807) is 19.2 Å². The number of carbonyl (C=O) groups excluding carboxylic acids is 1. The van der Waals surface area contributed by atoms with Gasteiger partial charge in [-0.05, 0) is 19.4 Å². The molecule has 3 aromatic rings. The molecule has 0 atom stereocenters. The van der Waals surface area contributed by atoms with E-state index in [1.807, 2.05) is 0 Å². The van der Waals surface area contributed by atoms with Crippen molar-refractivity contribution in [3.05, 3.63) is 40.6 Å². The minimum Gasteiger partial charge on any atom is -0.481 e. The highest BCUT2D eigenvalue weighted by atomic mass is 16.5. The maximum absolute atomic E-state index is 12.5. The number of hydrogen-bond donors (Lipinski definition) is 1. The molecule has 0 saturated heterocycles. The number of nitrogens with zero attached hydrogens (tertiary/aromatic N) is 4. The summed E-state index contributed by atoms with van der Waals surface area (Å²) in [6.07, 6.45) is 4.68. The van der Waals surface area contributed by atoms with Crippen molar-refractivity contribution >= 4 is 28.5 Å². The van der Waals surface area contributed by atoms with E-state index >= 15 is 0 Å². The molecular weight excluding hydrogens is 328 g/mol. The molecule has 0 radical (unpaired) electrons. The zero-order valence-corrected chi connectivity index (χ0v) is 13.5. The SMILES string of the molecule is CCOC(=O)c1cnn2c1ncc1c(=O)n(CCCC(=O)O)ccc12. The second-order valence-corrected chi connectivity index (χ2v) is 5.38. The van der Waals surface area contributed by atoms with Crippen LogP contribution < -0.4 is 5.56 Å². The maximum Gasteiger partial charge on any atom is 0.343 e. The molecular formula is C16H16N4O5. The molecule has 0 saturated carbocycles. The number of aromatic nitrogens is 4. The molecule has 0 spiro atoms. The molecule has 3 heterocycles. The van der Waals surface area contributed by atoms with E-state index in [0.29, 0.717) is 29.5 Å². The number of carboxylic acids is 1. The van der Waals surface area contributed by atoms with Crippen LogP contribution in [0.3, 0.4) is 0 Å². The fourth-order valence-corrected chi connectivity index (χ4v) is 2.59. The van der Waals surface area contributed by atoms with Crippen molar-refractivity contribution in [3.8, 4) is 0 Å². The molecule has 9 heteroatoms. The van der Waals surface area contributed by atoms with E-state index in [0.717, 1.165) is 0 Å². The molecule has 25 heavy (non-hydrogen) atoms. The number of aryl methyl sites for hydroxylation is 1. The van der Waals surface area contributed by atoms with Crippen LogP contribution in [-0.4, -0.2) is 42.8 Å². The Labute approximate surface area is 141 Å². The zero-order valence-electron chi connectivity index (χ0n) is 13.5. The summed E-state index contributed by atoms with van der Waals surface area (Å²) in [5.74, 6) is -1.42. The summed E-state index contributed by atoms with van der Waals surface area (Å²) >= 11 is 0. The van der Waals surface area contributed by atoms with Gasteiger partial charge >= 0.3 is 11.9 Å². The molecule has 9 nitrogen and oxygen atoms in total. The van der Waals surface area contributed by atoms with Crippen LogP contribution in [0.2, 0.25) is 0 Å². The van der Waals surface area contributed by atoms with Crippen molar-refractivity contribution in [2.45, 2.75) is 26.3 Å². The first-order chi connectivity index (χ1) is 12.0. The van der Waals surface area contributed by atoms with Gasteiger partial charge in [0.05, 0.1) is 23.7 Å². The summed E-state index contributed by atoms with van der Waals surface area (Å²) in [6.45, 7) is 2.25. The van der Waals surface area contributed by atoms with Crippen LogP contribution in [0.4, 0.5) is 0 Å². The van der Waals surface area contributed by atoms with E-state index in [1.165, 1.54) is 21.5 Å². The van der Waals surface area contributed by atoms with E-state index in [2.05, 4.69) is 10.1 Å². The fourth-order valence-electron chi connectivity index (χ4n) is 2.59. The standard InChI is InChI=1S/C16H16N4O5/c1-2-25-16(24)11-9-18-20-12-5-7-19(6-3-4-13(21)22)15(23)10(12)8-17-14(11)20/h5,7-9H,2-4,6H2,1H3,(H,21,22). The molecule has 0 fully saturated rings. The predicted molar refractivity (Wildman–Crippen MR) is 87.6 cm³/mol. The average molecular weight is 344 g/mol. The lowest BCUT2D eigenvalue weighted by molar-refractivity contribution is -0.137. The molecule has 3 rings (SSSR count). The Morgan fingerprint density at radius 3 is 2.84 bits per heavy atom. The van der Waals surface area contributed by atoms with Crippen LogP contribution >= 0.6 is 0 Å². The molecule has 0 bridgehead atoms. The van der Waals surface area contributed by atoms with Gasteiger partial charge in [-0.1, -0.05) is 0 Å². The van der Waals surface area contributed by atoms with Gasteiger partial charge in [-0.2, -0.15) is 5.10 Å². The van der Waals surface area contributed by atoms with Gasteiger partial charge in [0.1, 0.15) is 5.56 Å². The second-order valence-electron chi connectivity index (χ2n) is 5.38. The van der Waals surface area contributed by atoms with Crippen molar-refractivity contribution in [2.75, 3.05) is 6.61 Å². The van der Waals surface area contributed by atoms with Gasteiger partial charge in [-0.3, -0.25) is 9.59 Å². The van der Waals surface area contributed by atoms with Crippen LogP contribution in [0.1, 0.15) is 30.1 Å². The highest BCUT2D eigenvalue weighted by Gasteiger charge is 2.17. The van der Waals surface area contributed by atoms with Crippen molar-refractivity contribution in [1.29, 1.82) is 0 Å². The maximum atomic E-state index is 12.5. The van der Waals surface area contributed by atoms with Crippen LogP contribution in [-0.2, 0) is 16.1 Å². The smallest absolute Gasteiger partial charge is 0.343 e. The Hall–Kier alpha value is -3.23. The number of carboxylic acid groups (broad SMARTS) is 1. The monoisotopic (exact) mass is 344 g/mol. The normalized spacial score (nSPS) is 11.1. The average Bonchev–Trinajstić information content (AvgIpc) is 3.01. The third kappa shape index (κ3) is 3.08. The van der Waals surface area contributed by atoms with E-state index in [-0.39, 0.29) is 24.2 Å². The Balaban J connectivity index is 2.03. The highest BCUT2D eigenvalue weighted by Crippen LogP contribution is 2.15. The molecule has 1 N–H and O–H groups in total. The summed E-state index contributed by atoms with van der Waals surface area (Å²) in [4.78, 5) is 39.2. The van der Waals surface area contributed by atoms with E-state index < -0.39 is 11.9 Å². The number of carbonyl (C=O) groups is 2. The van der Waals surface area contributed by atoms with Crippen molar-refractivity contribution in [1.82, 2.24) is 19.2 Å². The molecule has 0 aliphatic heterocycles. The summed E-state index contributed by atoms with van der Waals surface area (Å²) in [6, 6.07) is 1.69.